The van der Waals surface area contributed by atoms with Crippen LogP contribution in [0.5, 0.6) is 0 Å². The van der Waals surface area contributed by atoms with E-state index in [4.69, 9.17) is 0 Å². The lowest BCUT2D eigenvalue weighted by atomic mass is 10.1. The molecule has 0 unspecified atom stereocenters. The van der Waals surface area contributed by atoms with Crippen molar-refractivity contribution in [3.05, 3.63) is 32.7 Å². The molecule has 0 saturated carbocycles. The van der Waals surface area contributed by atoms with E-state index in [2.05, 4.69) is 20.9 Å². The van der Waals surface area contributed by atoms with Gasteiger partial charge in [0, 0.05) is 17.1 Å². The number of H-pyrrole nitrogens is 1. The van der Waals surface area contributed by atoms with Gasteiger partial charge in [-0.2, -0.15) is 0 Å². The molecule has 0 atom stereocenters. The van der Waals surface area contributed by atoms with Crippen molar-refractivity contribution < 1.29 is 4.79 Å². The van der Waals surface area contributed by atoms with E-state index in [0.717, 1.165) is 5.52 Å². The largest absolute Gasteiger partial charge is 0.326 e. The summed E-state index contributed by atoms with van der Waals surface area (Å²) in [4.78, 5) is 25.3. The number of Topliss-reactive ketones (excluding diaryl/α,β-unsaturated/α-hetero) is 1. The Balaban J connectivity index is 2.88. The van der Waals surface area contributed by atoms with Gasteiger partial charge in [0.2, 0.25) is 0 Å². The average molecular weight is 269 g/mol. The van der Waals surface area contributed by atoms with E-state index in [0.29, 0.717) is 15.6 Å². The fourth-order valence-corrected chi connectivity index (χ4v) is 2.13. The maximum absolute atomic E-state index is 11.3. The molecule has 1 aromatic heterocycles. The number of benzene rings is 1. The standard InChI is InChI=1S/C10H9BrN2O2/c1-5(14)6-3-8-9(4-7(6)11)13(2)10(15)12-8/h3-4H,1-2H3,(H,12,15). The highest BCUT2D eigenvalue weighted by Crippen LogP contribution is 2.22. The second-order valence-electron chi connectivity index (χ2n) is 3.39. The number of imidazole rings is 1. The first-order valence-corrected chi connectivity index (χ1v) is 5.19. The molecule has 5 heteroatoms. The summed E-state index contributed by atoms with van der Waals surface area (Å²) in [6, 6.07) is 3.45. The van der Waals surface area contributed by atoms with Gasteiger partial charge >= 0.3 is 5.69 Å². The number of fused-ring (bicyclic) bond motifs is 1. The molecule has 0 radical (unpaired) electrons. The lowest BCUT2D eigenvalue weighted by Gasteiger charge is -2.00. The second-order valence-corrected chi connectivity index (χ2v) is 4.25. The highest BCUT2D eigenvalue weighted by atomic mass is 79.9. The predicted molar refractivity (Wildman–Crippen MR) is 61.2 cm³/mol. The van der Waals surface area contributed by atoms with Crippen molar-refractivity contribution in [1.29, 1.82) is 0 Å². The number of nitrogens with one attached hydrogen (secondary N) is 1. The molecule has 4 nitrogen and oxygen atoms in total. The first-order valence-electron chi connectivity index (χ1n) is 4.40. The van der Waals surface area contributed by atoms with Gasteiger partial charge in [0.25, 0.3) is 0 Å². The van der Waals surface area contributed by atoms with E-state index < -0.39 is 0 Å². The van der Waals surface area contributed by atoms with E-state index in [-0.39, 0.29) is 11.5 Å². The van der Waals surface area contributed by atoms with Crippen molar-refractivity contribution in [2.45, 2.75) is 6.92 Å². The summed E-state index contributed by atoms with van der Waals surface area (Å²) in [6.45, 7) is 1.49. The van der Waals surface area contributed by atoms with Crippen LogP contribution in [0.1, 0.15) is 17.3 Å². The number of carbonyl (C=O) groups is 1. The predicted octanol–water partition coefficient (Wildman–Crippen LogP) is 1.83. The minimum Gasteiger partial charge on any atom is -0.306 e. The van der Waals surface area contributed by atoms with E-state index >= 15 is 0 Å². The molecular weight excluding hydrogens is 260 g/mol. The van der Waals surface area contributed by atoms with Crippen LogP contribution in [0.15, 0.2) is 21.4 Å². The quantitative estimate of drug-likeness (QED) is 0.803. The summed E-state index contributed by atoms with van der Waals surface area (Å²) in [7, 11) is 1.68. The minimum absolute atomic E-state index is 0.0338. The van der Waals surface area contributed by atoms with Crippen LogP contribution in [0.25, 0.3) is 11.0 Å². The van der Waals surface area contributed by atoms with Gasteiger partial charge < -0.3 is 4.98 Å². The van der Waals surface area contributed by atoms with E-state index in [1.807, 2.05) is 0 Å². The molecule has 78 valence electrons. The fraction of sp³-hybridized carbons (Fsp3) is 0.200. The lowest BCUT2D eigenvalue weighted by Crippen LogP contribution is -2.11. The minimum atomic E-state index is -0.183. The van der Waals surface area contributed by atoms with Crippen molar-refractivity contribution in [1.82, 2.24) is 9.55 Å². The van der Waals surface area contributed by atoms with Crippen LogP contribution in [-0.4, -0.2) is 15.3 Å². The molecule has 1 aromatic carbocycles. The second kappa shape index (κ2) is 3.34. The van der Waals surface area contributed by atoms with Gasteiger partial charge in [0.05, 0.1) is 11.0 Å². The molecular formula is C10H9BrN2O2. The van der Waals surface area contributed by atoms with Crippen molar-refractivity contribution in [2.24, 2.45) is 7.05 Å². The summed E-state index contributed by atoms with van der Waals surface area (Å²) in [5.41, 5.74) is 1.84. The molecule has 0 aliphatic heterocycles. The Bertz CT molecular complexity index is 610. The van der Waals surface area contributed by atoms with Crippen molar-refractivity contribution in [2.75, 3.05) is 0 Å². The Labute approximate surface area is 94.0 Å². The van der Waals surface area contributed by atoms with Crippen LogP contribution in [0.4, 0.5) is 0 Å². The third-order valence-corrected chi connectivity index (χ3v) is 3.03. The van der Waals surface area contributed by atoms with Crippen LogP contribution in [-0.2, 0) is 7.05 Å². The smallest absolute Gasteiger partial charge is 0.306 e. The Morgan fingerprint density at radius 3 is 2.73 bits per heavy atom. The molecule has 0 amide bonds. The van der Waals surface area contributed by atoms with Crippen LogP contribution in [0.3, 0.4) is 0 Å². The molecule has 0 aliphatic carbocycles. The lowest BCUT2D eigenvalue weighted by molar-refractivity contribution is 0.101. The maximum Gasteiger partial charge on any atom is 0.326 e. The number of aryl methyl sites for hydroxylation is 1. The molecule has 0 saturated heterocycles. The van der Waals surface area contributed by atoms with Gasteiger partial charge in [-0.15, -0.1) is 0 Å². The molecule has 0 bridgehead atoms. The van der Waals surface area contributed by atoms with E-state index in [1.54, 1.807) is 19.2 Å². The van der Waals surface area contributed by atoms with E-state index in [9.17, 15) is 9.59 Å². The molecule has 1 heterocycles. The van der Waals surface area contributed by atoms with Crippen LogP contribution in [0, 0.1) is 0 Å². The zero-order valence-electron chi connectivity index (χ0n) is 8.30. The molecule has 2 aromatic rings. The maximum atomic E-state index is 11.3. The number of carbonyl (C=O) groups excluding carboxylic acids is 1. The molecule has 1 N–H and O–H groups in total. The van der Waals surface area contributed by atoms with Gasteiger partial charge in [-0.25, -0.2) is 4.79 Å². The summed E-state index contributed by atoms with van der Waals surface area (Å²) in [6.07, 6.45) is 0. The zero-order valence-corrected chi connectivity index (χ0v) is 9.88. The third kappa shape index (κ3) is 1.52. The first-order chi connectivity index (χ1) is 7.00. The molecule has 0 aliphatic rings. The van der Waals surface area contributed by atoms with Crippen LogP contribution >= 0.6 is 15.9 Å². The number of nitrogens with zero attached hydrogens (tertiary/aromatic N) is 1. The van der Waals surface area contributed by atoms with Crippen LogP contribution in [0.2, 0.25) is 0 Å². The van der Waals surface area contributed by atoms with Gasteiger partial charge in [0.15, 0.2) is 5.78 Å². The third-order valence-electron chi connectivity index (χ3n) is 2.37. The van der Waals surface area contributed by atoms with Crippen molar-refractivity contribution in [3.8, 4) is 0 Å². The summed E-state index contributed by atoms with van der Waals surface area (Å²) < 4.78 is 2.21. The molecule has 0 fully saturated rings. The van der Waals surface area contributed by atoms with Gasteiger partial charge in [-0.3, -0.25) is 9.36 Å². The van der Waals surface area contributed by atoms with E-state index in [1.165, 1.54) is 11.5 Å². The summed E-state index contributed by atoms with van der Waals surface area (Å²) in [5, 5.41) is 0. The Hall–Kier alpha value is -1.36. The molecule has 15 heavy (non-hydrogen) atoms. The number of halogens is 1. The Kier molecular flexibility index (Phi) is 2.26. The van der Waals surface area contributed by atoms with Crippen molar-refractivity contribution >= 4 is 32.7 Å². The van der Waals surface area contributed by atoms with Crippen molar-refractivity contribution in [3.63, 3.8) is 0 Å². The Morgan fingerprint density at radius 2 is 2.13 bits per heavy atom. The number of ketones is 1. The number of aromatic nitrogens is 2. The van der Waals surface area contributed by atoms with Gasteiger partial charge in [-0.05, 0) is 35.0 Å². The average Bonchev–Trinajstić information content (AvgIpc) is 2.43. The van der Waals surface area contributed by atoms with Gasteiger partial charge in [0.1, 0.15) is 0 Å². The topological polar surface area (TPSA) is 54.9 Å². The normalized spacial score (nSPS) is 10.9. The zero-order chi connectivity index (χ0) is 11.2. The molecule has 2 rings (SSSR count). The Morgan fingerprint density at radius 1 is 1.47 bits per heavy atom. The fourth-order valence-electron chi connectivity index (χ4n) is 1.52. The summed E-state index contributed by atoms with van der Waals surface area (Å²) in [5.74, 6) is -0.0338. The highest BCUT2D eigenvalue weighted by molar-refractivity contribution is 9.10. The monoisotopic (exact) mass is 268 g/mol. The number of rotatable bonds is 1. The SMILES string of the molecule is CC(=O)c1cc2[nH]c(=O)n(C)c2cc1Br. The molecule has 0 spiro atoms. The summed E-state index contributed by atoms with van der Waals surface area (Å²) >= 11 is 3.31. The van der Waals surface area contributed by atoms with Gasteiger partial charge in [-0.1, -0.05) is 0 Å². The highest BCUT2D eigenvalue weighted by Gasteiger charge is 2.10. The van der Waals surface area contributed by atoms with Crippen LogP contribution < -0.4 is 5.69 Å². The number of aromatic amines is 1. The number of hydrogen-bond donors (Lipinski definition) is 1. The number of hydrogen-bond acceptors (Lipinski definition) is 2. The first kappa shape index (κ1) is 10.2.